The maximum absolute atomic E-state index is 11.7. The van der Waals surface area contributed by atoms with Gasteiger partial charge in [-0.05, 0) is 64.0 Å². The zero-order valence-electron chi connectivity index (χ0n) is 18.6. The number of rotatable bonds is 10. The van der Waals surface area contributed by atoms with E-state index in [9.17, 15) is 15.0 Å². The maximum atomic E-state index is 11.7. The predicted molar refractivity (Wildman–Crippen MR) is 129 cm³/mol. The number of carbonyl (C=O) groups excluding carboxylic acids is 1. The van der Waals surface area contributed by atoms with E-state index in [0.717, 1.165) is 37.0 Å². The largest absolute Gasteiger partial charge is 0.463 e. The van der Waals surface area contributed by atoms with Crippen LogP contribution in [0.15, 0.2) is 47.4 Å². The molecule has 1 aromatic rings. The van der Waals surface area contributed by atoms with E-state index in [2.05, 4.69) is 18.2 Å². The van der Waals surface area contributed by atoms with Crippen LogP contribution in [0.4, 0.5) is 0 Å². The minimum absolute atomic E-state index is 0.0438. The van der Waals surface area contributed by atoms with Crippen molar-refractivity contribution in [2.75, 3.05) is 5.75 Å². The van der Waals surface area contributed by atoms with Gasteiger partial charge in [-0.15, -0.1) is 11.8 Å². The second-order valence-electron chi connectivity index (χ2n) is 8.93. The Bertz CT molecular complexity index is 709. The Labute approximate surface area is 195 Å². The van der Waals surface area contributed by atoms with Crippen molar-refractivity contribution >= 4 is 29.5 Å². The lowest BCUT2D eigenvalue weighted by Gasteiger charge is -2.33. The van der Waals surface area contributed by atoms with Gasteiger partial charge in [0.05, 0.1) is 18.3 Å². The van der Waals surface area contributed by atoms with Crippen LogP contribution in [0, 0.1) is 11.8 Å². The van der Waals surface area contributed by atoms with Crippen molar-refractivity contribution in [2.45, 2.75) is 86.1 Å². The van der Waals surface area contributed by atoms with Crippen LogP contribution >= 0.6 is 23.5 Å². The van der Waals surface area contributed by atoms with Crippen molar-refractivity contribution in [3.05, 3.63) is 42.5 Å². The fourth-order valence-electron chi connectivity index (χ4n) is 4.62. The number of ether oxygens (including phenoxy) is 1. The van der Waals surface area contributed by atoms with E-state index >= 15 is 0 Å². The number of benzene rings is 1. The first-order chi connectivity index (χ1) is 14.9. The fourth-order valence-corrected chi connectivity index (χ4v) is 7.34. The first kappa shape index (κ1) is 24.7. The van der Waals surface area contributed by atoms with Crippen LogP contribution in [0.1, 0.15) is 52.4 Å². The molecule has 1 saturated carbocycles. The molecule has 1 aliphatic heterocycles. The summed E-state index contributed by atoms with van der Waals surface area (Å²) in [6.07, 6.45) is 8.54. The van der Waals surface area contributed by atoms with Gasteiger partial charge in [-0.3, -0.25) is 4.79 Å². The Morgan fingerprint density at radius 3 is 2.81 bits per heavy atom. The lowest BCUT2D eigenvalue weighted by molar-refractivity contribution is -0.147. The minimum Gasteiger partial charge on any atom is -0.463 e. The van der Waals surface area contributed by atoms with Gasteiger partial charge >= 0.3 is 5.97 Å². The second-order valence-corrected chi connectivity index (χ2v) is 11.6. The molecule has 1 saturated heterocycles. The molecule has 0 spiro atoms. The topological polar surface area (TPSA) is 66.8 Å². The molecule has 2 aliphatic rings. The monoisotopic (exact) mass is 464 g/mol. The number of fused-ring (bicyclic) bond motifs is 1. The molecular formula is C25H36O4S2. The zero-order chi connectivity index (χ0) is 22.2. The van der Waals surface area contributed by atoms with Gasteiger partial charge in [0.2, 0.25) is 0 Å². The highest BCUT2D eigenvalue weighted by Gasteiger charge is 2.44. The SMILES string of the molecule is CC(C)OC(=O)CCC[C@H]1CC[C@@H]2[C@@H](/C=C/[C@@H](O)CSc3ccccc3)[C@H](O)C[C@@H]2S1. The van der Waals surface area contributed by atoms with Crippen molar-refractivity contribution in [3.8, 4) is 0 Å². The zero-order valence-corrected chi connectivity index (χ0v) is 20.2. The quantitative estimate of drug-likeness (QED) is 0.286. The summed E-state index contributed by atoms with van der Waals surface area (Å²) in [7, 11) is 0. The van der Waals surface area contributed by atoms with Crippen molar-refractivity contribution in [3.63, 3.8) is 0 Å². The molecule has 1 heterocycles. The number of carbonyl (C=O) groups is 1. The van der Waals surface area contributed by atoms with E-state index < -0.39 is 6.10 Å². The Kier molecular flexibility index (Phi) is 9.82. The molecule has 172 valence electrons. The van der Waals surface area contributed by atoms with Gasteiger partial charge in [0.25, 0.3) is 0 Å². The van der Waals surface area contributed by atoms with E-state index in [1.807, 2.05) is 49.9 Å². The Hall–Kier alpha value is -0.950. The molecule has 0 amide bonds. The number of aliphatic hydroxyl groups excluding tert-OH is 2. The molecule has 3 rings (SSSR count). The van der Waals surface area contributed by atoms with E-state index in [0.29, 0.717) is 28.6 Å². The van der Waals surface area contributed by atoms with Crippen molar-refractivity contribution < 1.29 is 19.7 Å². The highest BCUT2D eigenvalue weighted by Crippen LogP contribution is 2.49. The normalized spacial score (nSPS) is 29.3. The van der Waals surface area contributed by atoms with Crippen LogP contribution in [0.5, 0.6) is 0 Å². The van der Waals surface area contributed by atoms with Gasteiger partial charge in [0.15, 0.2) is 0 Å². The lowest BCUT2D eigenvalue weighted by atomic mass is 9.88. The fraction of sp³-hybridized carbons (Fsp3) is 0.640. The van der Waals surface area contributed by atoms with E-state index in [-0.39, 0.29) is 24.1 Å². The van der Waals surface area contributed by atoms with Gasteiger partial charge in [-0.25, -0.2) is 0 Å². The molecule has 0 bridgehead atoms. The summed E-state index contributed by atoms with van der Waals surface area (Å²) >= 11 is 3.65. The Balaban J connectivity index is 1.41. The average Bonchev–Trinajstić information content (AvgIpc) is 3.05. The summed E-state index contributed by atoms with van der Waals surface area (Å²) in [6, 6.07) is 10.1. The van der Waals surface area contributed by atoms with Crippen LogP contribution in [-0.2, 0) is 9.53 Å². The van der Waals surface area contributed by atoms with Crippen LogP contribution in [0.3, 0.4) is 0 Å². The smallest absolute Gasteiger partial charge is 0.306 e. The predicted octanol–water partition coefficient (Wildman–Crippen LogP) is 5.08. The summed E-state index contributed by atoms with van der Waals surface area (Å²) in [4.78, 5) is 12.9. The van der Waals surface area contributed by atoms with Crippen LogP contribution < -0.4 is 0 Å². The number of thioether (sulfide) groups is 2. The molecule has 4 nitrogen and oxygen atoms in total. The number of esters is 1. The first-order valence-electron chi connectivity index (χ1n) is 11.5. The van der Waals surface area contributed by atoms with Gasteiger partial charge in [0, 0.05) is 33.5 Å². The summed E-state index contributed by atoms with van der Waals surface area (Å²) in [5.41, 5.74) is 0. The molecule has 0 unspecified atom stereocenters. The minimum atomic E-state index is -0.508. The van der Waals surface area contributed by atoms with Gasteiger partial charge in [-0.1, -0.05) is 30.4 Å². The molecule has 1 aliphatic carbocycles. The second kappa shape index (κ2) is 12.3. The molecule has 0 aromatic heterocycles. The molecule has 31 heavy (non-hydrogen) atoms. The molecule has 1 aromatic carbocycles. The van der Waals surface area contributed by atoms with Gasteiger partial charge < -0.3 is 14.9 Å². The van der Waals surface area contributed by atoms with Gasteiger partial charge in [0.1, 0.15) is 0 Å². The number of hydrogen-bond donors (Lipinski definition) is 2. The summed E-state index contributed by atoms with van der Waals surface area (Å²) in [5.74, 6) is 1.13. The number of hydrogen-bond acceptors (Lipinski definition) is 6. The Morgan fingerprint density at radius 1 is 1.29 bits per heavy atom. The third-order valence-electron chi connectivity index (χ3n) is 6.07. The van der Waals surface area contributed by atoms with E-state index in [4.69, 9.17) is 4.74 Å². The highest BCUT2D eigenvalue weighted by molar-refractivity contribution is 8.00. The van der Waals surface area contributed by atoms with Gasteiger partial charge in [-0.2, -0.15) is 11.8 Å². The van der Waals surface area contributed by atoms with Crippen molar-refractivity contribution in [2.24, 2.45) is 11.8 Å². The summed E-state index contributed by atoms with van der Waals surface area (Å²) in [6.45, 7) is 3.76. The third-order valence-corrected chi connectivity index (χ3v) is 8.93. The molecule has 2 N–H and O–H groups in total. The van der Waals surface area contributed by atoms with Crippen LogP contribution in [0.2, 0.25) is 0 Å². The molecule has 6 heteroatoms. The molecular weight excluding hydrogens is 428 g/mol. The van der Waals surface area contributed by atoms with Crippen LogP contribution in [-0.4, -0.2) is 50.7 Å². The third kappa shape index (κ3) is 7.85. The van der Waals surface area contributed by atoms with Crippen molar-refractivity contribution in [1.82, 2.24) is 0 Å². The average molecular weight is 465 g/mol. The number of aliphatic hydroxyl groups is 2. The van der Waals surface area contributed by atoms with Crippen LogP contribution in [0.25, 0.3) is 0 Å². The van der Waals surface area contributed by atoms with E-state index in [1.165, 1.54) is 0 Å². The Morgan fingerprint density at radius 2 is 2.06 bits per heavy atom. The molecule has 2 fully saturated rings. The summed E-state index contributed by atoms with van der Waals surface area (Å²) < 4.78 is 5.22. The molecule has 6 atom stereocenters. The standard InChI is InChI=1S/C25H36O4S2/c1-17(2)29-25(28)10-6-9-20-12-14-22-21(23(27)15-24(22)31-20)13-11-18(26)16-30-19-7-4-3-5-8-19/h3-5,7-8,11,13,17-18,20-24,26-27H,6,9-10,12,14-16H2,1-2H3/b13-11+/t18-,20+,21-,22-,23-,24+/m1/s1. The van der Waals surface area contributed by atoms with Crippen molar-refractivity contribution in [1.29, 1.82) is 0 Å². The van der Waals surface area contributed by atoms with E-state index in [1.54, 1.807) is 11.8 Å². The molecule has 0 radical (unpaired) electrons. The maximum Gasteiger partial charge on any atom is 0.306 e. The highest BCUT2D eigenvalue weighted by atomic mass is 32.2. The first-order valence-corrected chi connectivity index (χ1v) is 13.4. The summed E-state index contributed by atoms with van der Waals surface area (Å²) in [5, 5.41) is 22.0. The lowest BCUT2D eigenvalue weighted by Crippen LogP contribution is -2.27.